The lowest BCUT2D eigenvalue weighted by molar-refractivity contribution is 0.513. The van der Waals surface area contributed by atoms with E-state index in [2.05, 4.69) is 9.97 Å². The highest BCUT2D eigenvalue weighted by Crippen LogP contribution is 2.20. The third-order valence-electron chi connectivity index (χ3n) is 3.90. The maximum atomic E-state index is 10.5. The molecule has 0 unspecified atom stereocenters. The number of rotatable bonds is 2. The molecule has 1 aromatic heterocycles. The number of hydrogen-bond acceptors (Lipinski definition) is 3. The second-order valence-corrected chi connectivity index (χ2v) is 5.33. The fourth-order valence-corrected chi connectivity index (χ4v) is 2.79. The van der Waals surface area contributed by atoms with Crippen LogP contribution in [-0.4, -0.2) is 15.1 Å². The number of aliphatic hydroxyl groups excluding tert-OH is 1. The molecule has 1 N–H and O–H groups in total. The SMILES string of the molecule is OC(C=Cc1ccccc1)=c1ccc2ncnc3cccc1c32. The third kappa shape index (κ3) is 2.42. The van der Waals surface area contributed by atoms with Crippen molar-refractivity contribution in [1.82, 2.24) is 9.97 Å². The van der Waals surface area contributed by atoms with Crippen LogP contribution in [0.3, 0.4) is 0 Å². The van der Waals surface area contributed by atoms with Gasteiger partial charge in [-0.05, 0) is 35.2 Å². The van der Waals surface area contributed by atoms with Gasteiger partial charge in [0.2, 0.25) is 0 Å². The van der Waals surface area contributed by atoms with E-state index in [0.29, 0.717) is 0 Å². The molecular formula is C20H14N2O. The normalized spacial score (nSPS) is 13.0. The molecule has 3 nitrogen and oxygen atoms in total. The highest BCUT2D eigenvalue weighted by molar-refractivity contribution is 6.07. The molecule has 23 heavy (non-hydrogen) atoms. The minimum atomic E-state index is 0.229. The molecule has 4 rings (SSSR count). The van der Waals surface area contributed by atoms with E-state index >= 15 is 0 Å². The van der Waals surface area contributed by atoms with Gasteiger partial charge in [0.25, 0.3) is 0 Å². The Kier molecular flexibility index (Phi) is 3.24. The Labute approximate surface area is 133 Å². The van der Waals surface area contributed by atoms with E-state index in [1.807, 2.05) is 66.7 Å². The summed E-state index contributed by atoms with van der Waals surface area (Å²) in [4.78, 5) is 8.61. The van der Waals surface area contributed by atoms with E-state index in [9.17, 15) is 5.11 Å². The fourth-order valence-electron chi connectivity index (χ4n) is 2.79. The standard InChI is InChI=1S/C20H14N2O/c23-19(12-9-14-5-2-1-3-6-14)15-10-11-18-20-16(15)7-4-8-17(20)21-13-22-18/h1-13,23H. The van der Waals surface area contributed by atoms with E-state index in [4.69, 9.17) is 0 Å². The Morgan fingerprint density at radius 3 is 2.43 bits per heavy atom. The Morgan fingerprint density at radius 1 is 0.826 bits per heavy atom. The lowest BCUT2D eigenvalue weighted by Gasteiger charge is -2.05. The van der Waals surface area contributed by atoms with Crippen LogP contribution < -0.4 is 5.22 Å². The summed E-state index contributed by atoms with van der Waals surface area (Å²) >= 11 is 0. The molecule has 0 amide bonds. The number of aromatic nitrogens is 2. The van der Waals surface area contributed by atoms with E-state index in [1.165, 1.54) is 0 Å². The van der Waals surface area contributed by atoms with E-state index in [1.54, 1.807) is 12.4 Å². The van der Waals surface area contributed by atoms with Gasteiger partial charge in [0, 0.05) is 10.6 Å². The molecule has 1 heterocycles. The van der Waals surface area contributed by atoms with Crippen molar-refractivity contribution in [2.45, 2.75) is 0 Å². The van der Waals surface area contributed by atoms with Crippen LogP contribution in [0.2, 0.25) is 0 Å². The maximum absolute atomic E-state index is 10.5. The second-order valence-electron chi connectivity index (χ2n) is 5.33. The highest BCUT2D eigenvalue weighted by atomic mass is 16.3. The van der Waals surface area contributed by atoms with Gasteiger partial charge in [0.15, 0.2) is 0 Å². The van der Waals surface area contributed by atoms with Crippen LogP contribution in [0.15, 0.2) is 73.1 Å². The molecule has 110 valence electrons. The molecule has 0 saturated carbocycles. The molecule has 0 bridgehead atoms. The van der Waals surface area contributed by atoms with Crippen LogP contribution in [0.5, 0.6) is 0 Å². The van der Waals surface area contributed by atoms with E-state index in [0.717, 1.165) is 32.6 Å². The number of hydrogen-bond donors (Lipinski definition) is 1. The summed E-state index contributed by atoms with van der Waals surface area (Å²) in [6, 6.07) is 19.6. The van der Waals surface area contributed by atoms with Gasteiger partial charge in [-0.25, -0.2) is 9.97 Å². The van der Waals surface area contributed by atoms with Gasteiger partial charge in [0.1, 0.15) is 12.1 Å². The monoisotopic (exact) mass is 298 g/mol. The number of nitrogens with zero attached hydrogens (tertiary/aromatic N) is 2. The summed E-state index contributed by atoms with van der Waals surface area (Å²) in [5.41, 5.74) is 2.81. The molecule has 0 atom stereocenters. The maximum Gasteiger partial charge on any atom is 0.123 e. The average molecular weight is 298 g/mol. The van der Waals surface area contributed by atoms with Crippen LogP contribution in [-0.2, 0) is 0 Å². The van der Waals surface area contributed by atoms with Gasteiger partial charge in [-0.1, -0.05) is 48.5 Å². The zero-order valence-electron chi connectivity index (χ0n) is 12.3. The van der Waals surface area contributed by atoms with Crippen molar-refractivity contribution in [2.75, 3.05) is 0 Å². The van der Waals surface area contributed by atoms with Crippen molar-refractivity contribution in [1.29, 1.82) is 0 Å². The lowest BCUT2D eigenvalue weighted by atomic mass is 10.0. The van der Waals surface area contributed by atoms with Gasteiger partial charge >= 0.3 is 0 Å². The van der Waals surface area contributed by atoms with Crippen molar-refractivity contribution in [3.63, 3.8) is 0 Å². The molecule has 3 aromatic carbocycles. The predicted octanol–water partition coefficient (Wildman–Crippen LogP) is 3.88. The lowest BCUT2D eigenvalue weighted by Crippen LogP contribution is -2.07. The van der Waals surface area contributed by atoms with Crippen LogP contribution in [0.25, 0.3) is 33.6 Å². The molecule has 0 spiro atoms. The van der Waals surface area contributed by atoms with E-state index < -0.39 is 0 Å². The Bertz CT molecular complexity index is 1050. The number of aliphatic hydroxyl groups is 1. The van der Waals surface area contributed by atoms with Gasteiger partial charge < -0.3 is 5.11 Å². The summed E-state index contributed by atoms with van der Waals surface area (Å²) in [5.74, 6) is 0.229. The number of benzene rings is 3. The van der Waals surface area contributed by atoms with Gasteiger partial charge in [-0.3, -0.25) is 0 Å². The molecular weight excluding hydrogens is 284 g/mol. The quantitative estimate of drug-likeness (QED) is 0.611. The molecule has 3 heteroatoms. The van der Waals surface area contributed by atoms with Crippen LogP contribution in [0.4, 0.5) is 0 Å². The molecule has 4 aromatic rings. The second kappa shape index (κ2) is 5.54. The van der Waals surface area contributed by atoms with Crippen LogP contribution >= 0.6 is 0 Å². The van der Waals surface area contributed by atoms with Gasteiger partial charge in [-0.2, -0.15) is 0 Å². The van der Waals surface area contributed by atoms with E-state index in [-0.39, 0.29) is 5.76 Å². The minimum absolute atomic E-state index is 0.229. The summed E-state index contributed by atoms with van der Waals surface area (Å²) < 4.78 is 0. The summed E-state index contributed by atoms with van der Waals surface area (Å²) in [5, 5.41) is 13.2. The summed E-state index contributed by atoms with van der Waals surface area (Å²) in [7, 11) is 0. The van der Waals surface area contributed by atoms with Gasteiger partial charge in [0.05, 0.1) is 11.0 Å². The van der Waals surface area contributed by atoms with Crippen molar-refractivity contribution < 1.29 is 5.11 Å². The molecule has 0 aliphatic heterocycles. The van der Waals surface area contributed by atoms with Gasteiger partial charge in [-0.15, -0.1) is 0 Å². The highest BCUT2D eigenvalue weighted by Gasteiger charge is 2.06. The zero-order valence-corrected chi connectivity index (χ0v) is 12.3. The Hall–Kier alpha value is -3.20. The Morgan fingerprint density at radius 2 is 1.61 bits per heavy atom. The van der Waals surface area contributed by atoms with Crippen LogP contribution in [0.1, 0.15) is 5.56 Å². The smallest absolute Gasteiger partial charge is 0.123 e. The molecule has 0 fully saturated rings. The molecule has 0 aliphatic carbocycles. The van der Waals surface area contributed by atoms with Crippen molar-refractivity contribution in [3.05, 3.63) is 83.8 Å². The summed E-state index contributed by atoms with van der Waals surface area (Å²) in [6.07, 6.45) is 5.19. The van der Waals surface area contributed by atoms with Crippen molar-refractivity contribution in [3.8, 4) is 0 Å². The first-order valence-corrected chi connectivity index (χ1v) is 7.41. The predicted molar refractivity (Wildman–Crippen MR) is 93.8 cm³/mol. The first-order valence-electron chi connectivity index (χ1n) is 7.41. The van der Waals surface area contributed by atoms with Crippen molar-refractivity contribution >= 4 is 33.6 Å². The van der Waals surface area contributed by atoms with Crippen LogP contribution in [0, 0.1) is 0 Å². The average Bonchev–Trinajstić information content (AvgIpc) is 2.61. The molecule has 0 aliphatic rings. The molecule has 0 saturated heterocycles. The summed E-state index contributed by atoms with van der Waals surface area (Å²) in [6.45, 7) is 0. The fraction of sp³-hybridized carbons (Fsp3) is 0. The zero-order chi connectivity index (χ0) is 15.6. The topological polar surface area (TPSA) is 46.0 Å². The first-order chi connectivity index (χ1) is 11.3. The molecule has 0 radical (unpaired) electrons. The Balaban J connectivity index is 1.94. The van der Waals surface area contributed by atoms with Crippen molar-refractivity contribution in [2.24, 2.45) is 0 Å². The third-order valence-corrected chi connectivity index (χ3v) is 3.90. The first kappa shape index (κ1) is 13.5. The largest absolute Gasteiger partial charge is 0.507 e. The minimum Gasteiger partial charge on any atom is -0.507 e.